The summed E-state index contributed by atoms with van der Waals surface area (Å²) >= 11 is 0. The quantitative estimate of drug-likeness (QED) is 0.450. The molecule has 0 aliphatic carbocycles. The first-order valence-corrected chi connectivity index (χ1v) is 6.89. The number of carbonyl (C=O) groups excluding carboxylic acids is 1. The van der Waals surface area contributed by atoms with Crippen molar-refractivity contribution in [2.75, 3.05) is 40.6 Å². The molecule has 1 amide bonds. The highest BCUT2D eigenvalue weighted by Gasteiger charge is 2.10. The van der Waals surface area contributed by atoms with Gasteiger partial charge in [0.1, 0.15) is 12.4 Å². The molecule has 1 aromatic carbocycles. The van der Waals surface area contributed by atoms with Gasteiger partial charge < -0.3 is 14.2 Å². The van der Waals surface area contributed by atoms with Crippen LogP contribution in [0.5, 0.6) is 0 Å². The molecule has 0 unspecified atom stereocenters. The number of carbonyl (C=O) groups is 1. The lowest BCUT2D eigenvalue weighted by Gasteiger charge is -2.10. The molecule has 0 saturated heterocycles. The standard InChI is InChI=1S/C15H21FN2O4/c1-20-8-4-7-17-15(22-10-9-21-2)18-14(19)12-5-3-6-13(16)11-12/h3,5-6,11H,4,7-10H2,1-2H3,(H,17,18,19). The Morgan fingerprint density at radius 3 is 2.68 bits per heavy atom. The summed E-state index contributed by atoms with van der Waals surface area (Å²) in [6.45, 7) is 1.63. The third-order valence-corrected chi connectivity index (χ3v) is 2.60. The van der Waals surface area contributed by atoms with Gasteiger partial charge in [-0.05, 0) is 24.6 Å². The summed E-state index contributed by atoms with van der Waals surface area (Å²) in [5.74, 6) is -0.964. The van der Waals surface area contributed by atoms with Crippen LogP contribution < -0.4 is 5.32 Å². The van der Waals surface area contributed by atoms with Gasteiger partial charge in [0.05, 0.1) is 6.61 Å². The third kappa shape index (κ3) is 7.14. The number of aliphatic imine (C=N–C) groups is 1. The second kappa shape index (κ2) is 10.7. The number of benzene rings is 1. The van der Waals surface area contributed by atoms with E-state index in [0.29, 0.717) is 26.2 Å². The second-order valence-corrected chi connectivity index (χ2v) is 4.34. The molecule has 122 valence electrons. The molecule has 0 radical (unpaired) electrons. The number of amides is 1. The van der Waals surface area contributed by atoms with Gasteiger partial charge in [-0.2, -0.15) is 0 Å². The van der Waals surface area contributed by atoms with E-state index in [4.69, 9.17) is 14.2 Å². The molecule has 0 spiro atoms. The summed E-state index contributed by atoms with van der Waals surface area (Å²) in [7, 11) is 3.15. The fourth-order valence-electron chi connectivity index (χ4n) is 1.53. The molecule has 0 fully saturated rings. The van der Waals surface area contributed by atoms with Gasteiger partial charge in [-0.3, -0.25) is 10.1 Å². The predicted molar refractivity (Wildman–Crippen MR) is 80.5 cm³/mol. The van der Waals surface area contributed by atoms with Crippen LogP contribution in [0.1, 0.15) is 16.8 Å². The third-order valence-electron chi connectivity index (χ3n) is 2.60. The number of rotatable bonds is 8. The Hall–Kier alpha value is -1.99. The van der Waals surface area contributed by atoms with Crippen molar-refractivity contribution < 1.29 is 23.4 Å². The number of ether oxygens (including phenoxy) is 3. The molecular weight excluding hydrogens is 291 g/mol. The Morgan fingerprint density at radius 2 is 2.00 bits per heavy atom. The number of nitrogens with one attached hydrogen (secondary N) is 1. The lowest BCUT2D eigenvalue weighted by molar-refractivity contribution is 0.0953. The molecule has 0 aliphatic heterocycles. The summed E-state index contributed by atoms with van der Waals surface area (Å²) < 4.78 is 28.3. The first kappa shape index (κ1) is 18.1. The van der Waals surface area contributed by atoms with Crippen molar-refractivity contribution in [3.63, 3.8) is 0 Å². The Morgan fingerprint density at radius 1 is 1.23 bits per heavy atom. The molecule has 0 aromatic heterocycles. The van der Waals surface area contributed by atoms with Crippen molar-refractivity contribution in [3.05, 3.63) is 35.6 Å². The van der Waals surface area contributed by atoms with Crippen LogP contribution in [0.4, 0.5) is 4.39 Å². The van der Waals surface area contributed by atoms with Gasteiger partial charge in [0.15, 0.2) is 0 Å². The van der Waals surface area contributed by atoms with E-state index in [9.17, 15) is 9.18 Å². The molecular formula is C15H21FN2O4. The van der Waals surface area contributed by atoms with Crippen LogP contribution in [0.2, 0.25) is 0 Å². The lowest BCUT2D eigenvalue weighted by Crippen LogP contribution is -2.33. The molecule has 0 atom stereocenters. The SMILES string of the molecule is COCCCN=C(NC(=O)c1cccc(F)c1)OCCOC. The van der Waals surface area contributed by atoms with Crippen LogP contribution in [-0.2, 0) is 14.2 Å². The predicted octanol–water partition coefficient (Wildman–Crippen LogP) is 1.61. The first-order chi connectivity index (χ1) is 10.7. The van der Waals surface area contributed by atoms with Crippen molar-refractivity contribution in [3.8, 4) is 0 Å². The molecule has 7 heteroatoms. The van der Waals surface area contributed by atoms with Crippen molar-refractivity contribution in [1.29, 1.82) is 0 Å². The van der Waals surface area contributed by atoms with Crippen molar-refractivity contribution in [2.24, 2.45) is 4.99 Å². The monoisotopic (exact) mass is 312 g/mol. The Kier molecular flexibility index (Phi) is 8.78. The van der Waals surface area contributed by atoms with Crippen LogP contribution in [-0.4, -0.2) is 52.5 Å². The van der Waals surface area contributed by atoms with E-state index >= 15 is 0 Å². The maximum Gasteiger partial charge on any atom is 0.291 e. The lowest BCUT2D eigenvalue weighted by atomic mass is 10.2. The fourth-order valence-corrected chi connectivity index (χ4v) is 1.53. The Labute approximate surface area is 129 Å². The normalized spacial score (nSPS) is 11.3. The minimum absolute atomic E-state index is 0.0856. The first-order valence-electron chi connectivity index (χ1n) is 6.89. The molecule has 1 rings (SSSR count). The maximum atomic E-state index is 13.1. The van der Waals surface area contributed by atoms with Crippen LogP contribution in [0.15, 0.2) is 29.3 Å². The van der Waals surface area contributed by atoms with Crippen molar-refractivity contribution in [2.45, 2.75) is 6.42 Å². The van der Waals surface area contributed by atoms with Crippen LogP contribution in [0.25, 0.3) is 0 Å². The van der Waals surface area contributed by atoms with E-state index in [-0.39, 0.29) is 18.2 Å². The van der Waals surface area contributed by atoms with Gasteiger partial charge in [-0.1, -0.05) is 6.07 Å². The molecule has 1 aromatic rings. The maximum absolute atomic E-state index is 13.1. The second-order valence-electron chi connectivity index (χ2n) is 4.34. The van der Waals surface area contributed by atoms with Gasteiger partial charge in [-0.15, -0.1) is 0 Å². The number of methoxy groups -OCH3 is 2. The topological polar surface area (TPSA) is 69.2 Å². The smallest absolute Gasteiger partial charge is 0.291 e. The molecule has 22 heavy (non-hydrogen) atoms. The van der Waals surface area contributed by atoms with E-state index in [1.807, 2.05) is 0 Å². The molecule has 0 heterocycles. The van der Waals surface area contributed by atoms with Crippen LogP contribution in [0.3, 0.4) is 0 Å². The van der Waals surface area contributed by atoms with E-state index in [1.54, 1.807) is 14.2 Å². The van der Waals surface area contributed by atoms with Crippen LogP contribution >= 0.6 is 0 Å². The largest absolute Gasteiger partial charge is 0.463 e. The van der Waals surface area contributed by atoms with Crippen molar-refractivity contribution in [1.82, 2.24) is 5.32 Å². The summed E-state index contributed by atoms with van der Waals surface area (Å²) in [6, 6.07) is 5.47. The minimum atomic E-state index is -0.484. The van der Waals surface area contributed by atoms with E-state index in [0.717, 1.165) is 6.07 Å². The number of nitrogens with zero attached hydrogens (tertiary/aromatic N) is 1. The number of hydrogen-bond acceptors (Lipinski definition) is 5. The number of halogens is 1. The highest BCUT2D eigenvalue weighted by atomic mass is 19.1. The fraction of sp³-hybridized carbons (Fsp3) is 0.467. The summed E-state index contributed by atoms with van der Waals surface area (Å²) in [6.07, 6.45) is 0.698. The number of amidine groups is 1. The van der Waals surface area contributed by atoms with Crippen LogP contribution in [0, 0.1) is 5.82 Å². The Balaban J connectivity index is 2.63. The zero-order chi connectivity index (χ0) is 16.2. The van der Waals surface area contributed by atoms with E-state index in [1.165, 1.54) is 18.2 Å². The zero-order valence-electron chi connectivity index (χ0n) is 12.8. The van der Waals surface area contributed by atoms with Gasteiger partial charge in [0.2, 0.25) is 0 Å². The number of hydrogen-bond donors (Lipinski definition) is 1. The van der Waals surface area contributed by atoms with Gasteiger partial charge in [0, 0.05) is 32.9 Å². The minimum Gasteiger partial charge on any atom is -0.463 e. The van der Waals surface area contributed by atoms with E-state index in [2.05, 4.69) is 10.3 Å². The van der Waals surface area contributed by atoms with E-state index < -0.39 is 11.7 Å². The molecule has 0 saturated carbocycles. The Bertz CT molecular complexity index is 494. The molecule has 0 aliphatic rings. The summed E-state index contributed by atoms with van der Waals surface area (Å²) in [5.41, 5.74) is 0.194. The average molecular weight is 312 g/mol. The van der Waals surface area contributed by atoms with Gasteiger partial charge >= 0.3 is 0 Å². The highest BCUT2D eigenvalue weighted by Crippen LogP contribution is 2.03. The van der Waals surface area contributed by atoms with Gasteiger partial charge in [-0.25, -0.2) is 9.38 Å². The molecule has 0 bridgehead atoms. The summed E-state index contributed by atoms with van der Waals surface area (Å²) in [4.78, 5) is 16.2. The zero-order valence-corrected chi connectivity index (χ0v) is 12.8. The highest BCUT2D eigenvalue weighted by molar-refractivity contribution is 6.04. The summed E-state index contributed by atoms with van der Waals surface area (Å²) in [5, 5.41) is 2.52. The average Bonchev–Trinajstić information content (AvgIpc) is 2.51. The molecule has 6 nitrogen and oxygen atoms in total. The molecule has 1 N–H and O–H groups in total. The van der Waals surface area contributed by atoms with Gasteiger partial charge in [0.25, 0.3) is 11.9 Å². The van der Waals surface area contributed by atoms with Crippen molar-refractivity contribution >= 4 is 11.9 Å².